The van der Waals surface area contributed by atoms with Crippen molar-refractivity contribution in [3.8, 4) is 17.6 Å². The van der Waals surface area contributed by atoms with Crippen LogP contribution in [-0.4, -0.2) is 26.7 Å². The first kappa shape index (κ1) is 19.9. The molecule has 0 heterocycles. The number of hydrogen-bond acceptors (Lipinski definition) is 4. The van der Waals surface area contributed by atoms with Crippen molar-refractivity contribution in [1.82, 2.24) is 5.32 Å². The molecule has 2 rings (SSSR count). The number of amides is 1. The van der Waals surface area contributed by atoms with Gasteiger partial charge in [-0.2, -0.15) is 5.26 Å². The van der Waals surface area contributed by atoms with Gasteiger partial charge in [-0.05, 0) is 47.9 Å². The molecule has 0 aromatic heterocycles. The normalized spacial score (nSPS) is 10.9. The van der Waals surface area contributed by atoms with Gasteiger partial charge in [0.25, 0.3) is 5.91 Å². The minimum atomic E-state index is -1.05. The van der Waals surface area contributed by atoms with Gasteiger partial charge in [-0.3, -0.25) is 4.79 Å². The second-order valence-corrected chi connectivity index (χ2v) is 5.54. The monoisotopic (exact) mass is 372 g/mol. The summed E-state index contributed by atoms with van der Waals surface area (Å²) < 4.78 is 36.6. The lowest BCUT2D eigenvalue weighted by molar-refractivity contribution is -0.117. The Morgan fingerprint density at radius 2 is 1.85 bits per heavy atom. The Morgan fingerprint density at radius 3 is 2.48 bits per heavy atom. The lowest BCUT2D eigenvalue weighted by Gasteiger charge is -2.10. The number of rotatable bonds is 7. The topological polar surface area (TPSA) is 71.3 Å². The highest BCUT2D eigenvalue weighted by Crippen LogP contribution is 2.27. The highest BCUT2D eigenvalue weighted by atomic mass is 19.2. The molecule has 2 aromatic rings. The van der Waals surface area contributed by atoms with Crippen LogP contribution in [0.15, 0.2) is 42.0 Å². The highest BCUT2D eigenvalue weighted by molar-refractivity contribution is 6.01. The molecule has 1 amide bonds. The molecule has 0 unspecified atom stereocenters. The van der Waals surface area contributed by atoms with Crippen molar-refractivity contribution < 1.29 is 23.0 Å². The zero-order valence-corrected chi connectivity index (χ0v) is 14.9. The fourth-order valence-corrected chi connectivity index (χ4v) is 2.37. The van der Waals surface area contributed by atoms with E-state index in [4.69, 9.17) is 14.7 Å². The zero-order valence-electron chi connectivity index (χ0n) is 14.9. The maximum atomic E-state index is 13.2. The highest BCUT2D eigenvalue weighted by Gasteiger charge is 2.10. The van der Waals surface area contributed by atoms with E-state index in [1.807, 2.05) is 6.07 Å². The summed E-state index contributed by atoms with van der Waals surface area (Å²) in [6.45, 7) is 0.283. The van der Waals surface area contributed by atoms with Gasteiger partial charge in [-0.25, -0.2) is 8.78 Å². The van der Waals surface area contributed by atoms with Gasteiger partial charge in [0.1, 0.15) is 11.6 Å². The molecule has 0 saturated carbocycles. The number of ether oxygens (including phenoxy) is 2. The van der Waals surface area contributed by atoms with Gasteiger partial charge in [0.15, 0.2) is 23.1 Å². The lowest BCUT2D eigenvalue weighted by Crippen LogP contribution is -2.26. The lowest BCUT2D eigenvalue weighted by atomic mass is 10.1. The smallest absolute Gasteiger partial charge is 0.261 e. The molecule has 2 aromatic carbocycles. The number of carbonyl (C=O) groups excluding carboxylic acids is 1. The largest absolute Gasteiger partial charge is 0.493 e. The first-order valence-electron chi connectivity index (χ1n) is 8.04. The Morgan fingerprint density at radius 1 is 1.11 bits per heavy atom. The summed E-state index contributed by atoms with van der Waals surface area (Å²) in [5, 5.41) is 11.8. The predicted molar refractivity (Wildman–Crippen MR) is 96.2 cm³/mol. The number of hydrogen-bond donors (Lipinski definition) is 1. The van der Waals surface area contributed by atoms with Gasteiger partial charge in [0.05, 0.1) is 14.2 Å². The number of nitrogens with one attached hydrogen (secondary N) is 1. The van der Waals surface area contributed by atoms with Crippen molar-refractivity contribution in [3.05, 3.63) is 64.7 Å². The van der Waals surface area contributed by atoms with Gasteiger partial charge in [-0.1, -0.05) is 12.1 Å². The minimum Gasteiger partial charge on any atom is -0.493 e. The molecule has 0 fully saturated rings. The van der Waals surface area contributed by atoms with E-state index in [1.165, 1.54) is 19.3 Å². The first-order valence-corrected chi connectivity index (χ1v) is 8.04. The zero-order chi connectivity index (χ0) is 19.8. The number of carbonyl (C=O) groups is 1. The summed E-state index contributed by atoms with van der Waals surface area (Å²) in [4.78, 5) is 12.1. The third-order valence-corrected chi connectivity index (χ3v) is 3.77. The molecule has 0 aliphatic carbocycles. The van der Waals surface area contributed by atoms with E-state index in [0.717, 1.165) is 17.7 Å². The molecule has 0 atom stereocenters. The fraction of sp³-hybridized carbons (Fsp3) is 0.200. The number of nitrogens with zero attached hydrogens (tertiary/aromatic N) is 1. The molecule has 5 nitrogen and oxygen atoms in total. The molecule has 0 bridgehead atoms. The van der Waals surface area contributed by atoms with Crippen molar-refractivity contribution in [3.63, 3.8) is 0 Å². The van der Waals surface area contributed by atoms with Crippen LogP contribution in [0, 0.1) is 23.0 Å². The second-order valence-electron chi connectivity index (χ2n) is 5.54. The molecule has 0 aliphatic heterocycles. The van der Waals surface area contributed by atoms with Crippen LogP contribution in [0.25, 0.3) is 6.08 Å². The second kappa shape index (κ2) is 9.34. The number of benzene rings is 2. The van der Waals surface area contributed by atoms with Gasteiger partial charge in [0.2, 0.25) is 0 Å². The van der Waals surface area contributed by atoms with E-state index in [-0.39, 0.29) is 17.7 Å². The quantitative estimate of drug-likeness (QED) is 0.598. The van der Waals surface area contributed by atoms with Crippen LogP contribution in [0.3, 0.4) is 0 Å². The Labute approximate surface area is 155 Å². The molecule has 0 aliphatic rings. The first-order chi connectivity index (χ1) is 13.0. The third-order valence-electron chi connectivity index (χ3n) is 3.77. The maximum absolute atomic E-state index is 13.2. The van der Waals surface area contributed by atoms with Gasteiger partial charge < -0.3 is 14.8 Å². The molecule has 0 spiro atoms. The van der Waals surface area contributed by atoms with E-state index in [0.29, 0.717) is 17.9 Å². The number of halogens is 2. The molecule has 0 radical (unpaired) electrons. The Kier molecular flexibility index (Phi) is 6.89. The summed E-state index contributed by atoms with van der Waals surface area (Å²) in [5.41, 5.74) is 0.935. The van der Waals surface area contributed by atoms with Crippen LogP contribution in [0.2, 0.25) is 0 Å². The summed E-state index contributed by atoms with van der Waals surface area (Å²) in [7, 11) is 3.08. The minimum absolute atomic E-state index is 0.201. The Hall–Kier alpha value is -3.40. The van der Waals surface area contributed by atoms with Crippen molar-refractivity contribution in [2.45, 2.75) is 6.42 Å². The van der Waals surface area contributed by atoms with Crippen LogP contribution < -0.4 is 14.8 Å². The van der Waals surface area contributed by atoms with Crippen LogP contribution in [0.1, 0.15) is 11.1 Å². The molecule has 7 heteroatoms. The standard InChI is InChI=1S/C20H18F2N2O3/c1-26-18-6-4-13(11-19(18)27-2)7-8-24-20(25)15(12-23)9-14-3-5-16(21)17(22)10-14/h3-6,9-11H,7-8H2,1-2H3,(H,24,25)/b15-9+. The van der Waals surface area contributed by atoms with Crippen LogP contribution in [-0.2, 0) is 11.2 Å². The molecule has 27 heavy (non-hydrogen) atoms. The van der Waals surface area contributed by atoms with Crippen molar-refractivity contribution in [1.29, 1.82) is 5.26 Å². The van der Waals surface area contributed by atoms with Crippen molar-refractivity contribution in [2.24, 2.45) is 0 Å². The number of methoxy groups -OCH3 is 2. The molecular formula is C20H18F2N2O3. The van der Waals surface area contributed by atoms with Gasteiger partial charge >= 0.3 is 0 Å². The van der Waals surface area contributed by atoms with E-state index >= 15 is 0 Å². The fourth-order valence-electron chi connectivity index (χ4n) is 2.37. The summed E-state index contributed by atoms with van der Waals surface area (Å²) in [6, 6.07) is 10.3. The van der Waals surface area contributed by atoms with E-state index in [1.54, 1.807) is 25.3 Å². The van der Waals surface area contributed by atoms with Crippen molar-refractivity contribution >= 4 is 12.0 Å². The van der Waals surface area contributed by atoms with Crippen molar-refractivity contribution in [2.75, 3.05) is 20.8 Å². The van der Waals surface area contributed by atoms with E-state index in [2.05, 4.69) is 5.32 Å². The van der Waals surface area contributed by atoms with E-state index < -0.39 is 17.5 Å². The molecular weight excluding hydrogens is 354 g/mol. The predicted octanol–water partition coefficient (Wildman–Crippen LogP) is 3.25. The summed E-state index contributed by atoms with van der Waals surface area (Å²) >= 11 is 0. The average Bonchev–Trinajstić information content (AvgIpc) is 2.68. The van der Waals surface area contributed by atoms with Gasteiger partial charge in [-0.15, -0.1) is 0 Å². The molecule has 140 valence electrons. The van der Waals surface area contributed by atoms with Crippen LogP contribution in [0.4, 0.5) is 8.78 Å². The maximum Gasteiger partial charge on any atom is 0.261 e. The SMILES string of the molecule is COc1ccc(CCNC(=O)/C(C#N)=C/c2ccc(F)c(F)c2)cc1OC. The number of nitriles is 1. The van der Waals surface area contributed by atoms with E-state index in [9.17, 15) is 13.6 Å². The Balaban J connectivity index is 2.00. The van der Waals surface area contributed by atoms with Gasteiger partial charge in [0, 0.05) is 6.54 Å². The third kappa shape index (κ3) is 5.28. The Bertz CT molecular complexity index is 905. The molecule has 0 saturated heterocycles. The summed E-state index contributed by atoms with van der Waals surface area (Å²) in [5.74, 6) is -1.45. The average molecular weight is 372 g/mol. The summed E-state index contributed by atoms with van der Waals surface area (Å²) in [6.07, 6.45) is 1.71. The van der Waals surface area contributed by atoms with Crippen LogP contribution in [0.5, 0.6) is 11.5 Å². The van der Waals surface area contributed by atoms with Crippen LogP contribution >= 0.6 is 0 Å². The molecule has 1 N–H and O–H groups in total.